The molecule has 20 heavy (non-hydrogen) atoms. The number of amides is 1. The Labute approximate surface area is 118 Å². The van der Waals surface area contributed by atoms with Gasteiger partial charge in [-0.2, -0.15) is 5.10 Å². The van der Waals surface area contributed by atoms with Crippen molar-refractivity contribution in [1.82, 2.24) is 24.6 Å². The molecule has 0 spiro atoms. The van der Waals surface area contributed by atoms with E-state index in [1.807, 2.05) is 42.3 Å². The predicted molar refractivity (Wildman–Crippen MR) is 76.1 cm³/mol. The van der Waals surface area contributed by atoms with Crippen LogP contribution in [0.4, 0.5) is 0 Å². The molecule has 1 N–H and O–H groups in total. The summed E-state index contributed by atoms with van der Waals surface area (Å²) in [6.07, 6.45) is 5.81. The van der Waals surface area contributed by atoms with E-state index >= 15 is 0 Å². The first-order chi connectivity index (χ1) is 9.54. The van der Waals surface area contributed by atoms with Gasteiger partial charge in [0.1, 0.15) is 0 Å². The number of aromatic nitrogens is 4. The van der Waals surface area contributed by atoms with Crippen LogP contribution in [0.2, 0.25) is 0 Å². The minimum absolute atomic E-state index is 0.0465. The van der Waals surface area contributed by atoms with Crippen molar-refractivity contribution < 1.29 is 4.79 Å². The van der Waals surface area contributed by atoms with Gasteiger partial charge in [-0.3, -0.25) is 9.48 Å². The first-order valence-electron chi connectivity index (χ1n) is 6.81. The zero-order chi connectivity index (χ0) is 14.5. The third kappa shape index (κ3) is 3.94. The van der Waals surface area contributed by atoms with Crippen LogP contribution in [0.5, 0.6) is 0 Å². The fourth-order valence-corrected chi connectivity index (χ4v) is 2.21. The van der Waals surface area contributed by atoms with Crippen molar-refractivity contribution >= 4 is 5.91 Å². The van der Waals surface area contributed by atoms with Gasteiger partial charge >= 0.3 is 0 Å². The van der Waals surface area contributed by atoms with E-state index in [-0.39, 0.29) is 11.9 Å². The van der Waals surface area contributed by atoms with Crippen molar-refractivity contribution in [3.63, 3.8) is 0 Å². The second-order valence-electron chi connectivity index (χ2n) is 5.13. The van der Waals surface area contributed by atoms with Crippen LogP contribution in [0, 0.1) is 13.8 Å². The predicted octanol–water partition coefficient (Wildman–Crippen LogP) is 1.29. The summed E-state index contributed by atoms with van der Waals surface area (Å²) in [5, 5.41) is 7.33. The number of nitrogens with zero attached hydrogens (tertiary/aromatic N) is 4. The van der Waals surface area contributed by atoms with Gasteiger partial charge < -0.3 is 9.88 Å². The molecule has 0 fully saturated rings. The van der Waals surface area contributed by atoms with E-state index in [9.17, 15) is 4.79 Å². The van der Waals surface area contributed by atoms with Crippen molar-refractivity contribution in [2.24, 2.45) is 0 Å². The first-order valence-corrected chi connectivity index (χ1v) is 6.81. The van der Waals surface area contributed by atoms with E-state index < -0.39 is 0 Å². The van der Waals surface area contributed by atoms with E-state index in [0.717, 1.165) is 17.9 Å². The minimum Gasteiger partial charge on any atom is -0.352 e. The molecule has 0 aliphatic rings. The molecule has 1 unspecified atom stereocenters. The Morgan fingerprint density at radius 1 is 1.45 bits per heavy atom. The fraction of sp³-hybridized carbons (Fsp3) is 0.500. The van der Waals surface area contributed by atoms with E-state index in [1.54, 1.807) is 12.5 Å². The van der Waals surface area contributed by atoms with Crippen LogP contribution in [0.15, 0.2) is 24.8 Å². The van der Waals surface area contributed by atoms with Crippen molar-refractivity contribution in [2.75, 3.05) is 0 Å². The molecule has 0 bridgehead atoms. The Kier molecular flexibility index (Phi) is 4.55. The number of carbonyl (C=O) groups is 1. The summed E-state index contributed by atoms with van der Waals surface area (Å²) in [6, 6.07) is 2.09. The molecule has 1 atom stereocenters. The van der Waals surface area contributed by atoms with Crippen molar-refractivity contribution in [2.45, 2.75) is 46.3 Å². The van der Waals surface area contributed by atoms with Gasteiger partial charge in [0.05, 0.1) is 12.0 Å². The van der Waals surface area contributed by atoms with E-state index in [0.29, 0.717) is 13.0 Å². The topological polar surface area (TPSA) is 64.7 Å². The normalized spacial score (nSPS) is 12.3. The number of imidazole rings is 1. The van der Waals surface area contributed by atoms with E-state index in [1.165, 1.54) is 0 Å². The quantitative estimate of drug-likeness (QED) is 0.864. The SMILES string of the molecule is Cc1cc(C)n(CCC(=O)NC(C)Cn2ccnc2)n1. The van der Waals surface area contributed by atoms with Crippen molar-refractivity contribution in [3.8, 4) is 0 Å². The molecule has 2 aromatic heterocycles. The lowest BCUT2D eigenvalue weighted by atomic mass is 10.3. The molecule has 1 amide bonds. The highest BCUT2D eigenvalue weighted by atomic mass is 16.1. The van der Waals surface area contributed by atoms with E-state index in [2.05, 4.69) is 15.4 Å². The van der Waals surface area contributed by atoms with Crippen LogP contribution in [0.3, 0.4) is 0 Å². The number of nitrogens with one attached hydrogen (secondary N) is 1. The molecular formula is C14H21N5O. The molecule has 0 aliphatic carbocycles. The third-order valence-corrected chi connectivity index (χ3v) is 3.11. The molecule has 0 saturated heterocycles. The fourth-order valence-electron chi connectivity index (χ4n) is 2.21. The Morgan fingerprint density at radius 3 is 2.85 bits per heavy atom. The third-order valence-electron chi connectivity index (χ3n) is 3.11. The molecule has 0 aliphatic heterocycles. The summed E-state index contributed by atoms with van der Waals surface area (Å²) in [5.74, 6) is 0.0465. The largest absolute Gasteiger partial charge is 0.352 e. The van der Waals surface area contributed by atoms with E-state index in [4.69, 9.17) is 0 Å². The van der Waals surface area contributed by atoms with Gasteiger partial charge in [-0.1, -0.05) is 0 Å². The average Bonchev–Trinajstić information content (AvgIpc) is 2.96. The molecule has 6 heteroatoms. The maximum Gasteiger partial charge on any atom is 0.222 e. The summed E-state index contributed by atoms with van der Waals surface area (Å²) >= 11 is 0. The Bertz CT molecular complexity index is 558. The maximum atomic E-state index is 11.9. The number of carbonyl (C=O) groups excluding carboxylic acids is 1. The molecule has 0 aromatic carbocycles. The summed E-state index contributed by atoms with van der Waals surface area (Å²) in [6.45, 7) is 7.28. The Hall–Kier alpha value is -2.11. The van der Waals surface area contributed by atoms with Crippen LogP contribution in [0.1, 0.15) is 24.7 Å². The van der Waals surface area contributed by atoms with Crippen LogP contribution in [0.25, 0.3) is 0 Å². The monoisotopic (exact) mass is 275 g/mol. The highest BCUT2D eigenvalue weighted by Gasteiger charge is 2.09. The number of rotatable bonds is 6. The second-order valence-corrected chi connectivity index (χ2v) is 5.13. The Morgan fingerprint density at radius 2 is 2.25 bits per heavy atom. The number of aryl methyl sites for hydroxylation is 3. The summed E-state index contributed by atoms with van der Waals surface area (Å²) in [4.78, 5) is 15.9. The van der Waals surface area contributed by atoms with Gasteiger partial charge in [0, 0.05) is 43.6 Å². The molecule has 6 nitrogen and oxygen atoms in total. The summed E-state index contributed by atoms with van der Waals surface area (Å²) in [7, 11) is 0. The minimum atomic E-state index is 0.0465. The van der Waals surface area contributed by atoms with Gasteiger partial charge in [0.2, 0.25) is 5.91 Å². The molecule has 0 saturated carbocycles. The number of hydrogen-bond acceptors (Lipinski definition) is 3. The first kappa shape index (κ1) is 14.3. The summed E-state index contributed by atoms with van der Waals surface area (Å²) < 4.78 is 3.82. The van der Waals surface area contributed by atoms with Crippen LogP contribution < -0.4 is 5.32 Å². The van der Waals surface area contributed by atoms with Gasteiger partial charge in [-0.15, -0.1) is 0 Å². The van der Waals surface area contributed by atoms with Crippen LogP contribution >= 0.6 is 0 Å². The molecule has 2 aromatic rings. The van der Waals surface area contributed by atoms with Gasteiger partial charge in [0.25, 0.3) is 0 Å². The summed E-state index contributed by atoms with van der Waals surface area (Å²) in [5.41, 5.74) is 2.07. The standard InChI is InChI=1S/C14H21N5O/c1-11-8-13(3)19(17-11)6-4-14(20)16-12(2)9-18-7-5-15-10-18/h5,7-8,10,12H,4,6,9H2,1-3H3,(H,16,20). The second kappa shape index (κ2) is 6.36. The molecule has 0 radical (unpaired) electrons. The smallest absolute Gasteiger partial charge is 0.222 e. The molecule has 2 heterocycles. The Balaban J connectivity index is 1.76. The lowest BCUT2D eigenvalue weighted by molar-refractivity contribution is -0.122. The van der Waals surface area contributed by atoms with Gasteiger partial charge in [-0.25, -0.2) is 4.98 Å². The molecule has 108 valence electrons. The highest BCUT2D eigenvalue weighted by Crippen LogP contribution is 2.02. The van der Waals surface area contributed by atoms with Gasteiger partial charge in [0.15, 0.2) is 0 Å². The van der Waals surface area contributed by atoms with Crippen molar-refractivity contribution in [3.05, 3.63) is 36.2 Å². The average molecular weight is 275 g/mol. The lowest BCUT2D eigenvalue weighted by Crippen LogP contribution is -2.35. The zero-order valence-corrected chi connectivity index (χ0v) is 12.2. The molecular weight excluding hydrogens is 254 g/mol. The highest BCUT2D eigenvalue weighted by molar-refractivity contribution is 5.76. The van der Waals surface area contributed by atoms with Crippen molar-refractivity contribution in [1.29, 1.82) is 0 Å². The molecule has 2 rings (SSSR count). The van der Waals surface area contributed by atoms with Crippen LogP contribution in [-0.4, -0.2) is 31.3 Å². The lowest BCUT2D eigenvalue weighted by Gasteiger charge is -2.14. The maximum absolute atomic E-state index is 11.9. The van der Waals surface area contributed by atoms with Crippen LogP contribution in [-0.2, 0) is 17.9 Å². The number of hydrogen-bond donors (Lipinski definition) is 1. The zero-order valence-electron chi connectivity index (χ0n) is 12.2. The van der Waals surface area contributed by atoms with Gasteiger partial charge in [-0.05, 0) is 26.8 Å².